The molecule has 3 rings (SSSR count). The van der Waals surface area contributed by atoms with Gasteiger partial charge in [-0.3, -0.25) is 5.41 Å². The van der Waals surface area contributed by atoms with Crippen molar-refractivity contribution >= 4 is 39.9 Å². The minimum absolute atomic E-state index is 0.0560. The molecular weight excluding hydrogens is 293 g/mol. The lowest BCUT2D eigenvalue weighted by Gasteiger charge is -2.00. The van der Waals surface area contributed by atoms with Crippen LogP contribution in [0.5, 0.6) is 0 Å². The maximum Gasteiger partial charge on any atom is 0.122 e. The lowest BCUT2D eigenvalue weighted by atomic mass is 10.1. The molecule has 100 valence electrons. The number of hydrogen-bond acceptors (Lipinski definition) is 1. The summed E-state index contributed by atoms with van der Waals surface area (Å²) >= 11 is 12.0. The van der Waals surface area contributed by atoms with Crippen LogP contribution in [-0.2, 0) is 0 Å². The summed E-state index contributed by atoms with van der Waals surface area (Å²) in [5, 5.41) is 9.65. The molecule has 0 spiro atoms. The normalized spacial score (nSPS) is 10.9. The Morgan fingerprint density at radius 3 is 2.35 bits per heavy atom. The second-order valence-corrected chi connectivity index (χ2v) is 5.43. The second kappa shape index (κ2) is 4.85. The van der Waals surface area contributed by atoms with Gasteiger partial charge in [0.1, 0.15) is 5.84 Å². The Morgan fingerprint density at radius 2 is 1.70 bits per heavy atom. The number of rotatable bonds is 2. The molecule has 0 bridgehead atoms. The monoisotopic (exact) mass is 303 g/mol. The van der Waals surface area contributed by atoms with Crippen LogP contribution in [0.4, 0.5) is 0 Å². The van der Waals surface area contributed by atoms with E-state index < -0.39 is 0 Å². The highest BCUT2D eigenvalue weighted by Crippen LogP contribution is 2.29. The van der Waals surface area contributed by atoms with E-state index in [2.05, 4.69) is 4.98 Å². The van der Waals surface area contributed by atoms with Gasteiger partial charge in [0.05, 0.1) is 0 Å². The summed E-state index contributed by atoms with van der Waals surface area (Å²) in [4.78, 5) is 3.30. The second-order valence-electron chi connectivity index (χ2n) is 4.56. The zero-order valence-corrected chi connectivity index (χ0v) is 11.9. The largest absolute Gasteiger partial charge is 0.384 e. The number of nitrogens with two attached hydrogens (primary N) is 1. The molecule has 3 nitrogen and oxygen atoms in total. The lowest BCUT2D eigenvalue weighted by Crippen LogP contribution is -2.10. The molecule has 0 unspecified atom stereocenters. The molecule has 4 N–H and O–H groups in total. The molecular formula is C15H11Cl2N3. The molecule has 1 aromatic heterocycles. The molecule has 1 heterocycles. The number of nitrogen functional groups attached to an aromatic ring is 1. The smallest absolute Gasteiger partial charge is 0.122 e. The third-order valence-corrected chi connectivity index (χ3v) is 3.54. The number of halogens is 2. The number of hydrogen-bond donors (Lipinski definition) is 3. The van der Waals surface area contributed by atoms with Crippen molar-refractivity contribution in [1.29, 1.82) is 5.41 Å². The first-order chi connectivity index (χ1) is 9.52. The summed E-state index contributed by atoms with van der Waals surface area (Å²) in [6, 6.07) is 13.0. The number of H-pyrrole nitrogens is 1. The Kier molecular flexibility index (Phi) is 3.16. The Morgan fingerprint density at radius 1 is 1.00 bits per heavy atom. The van der Waals surface area contributed by atoms with Crippen molar-refractivity contribution in [2.75, 3.05) is 0 Å². The van der Waals surface area contributed by atoms with Crippen molar-refractivity contribution in [3.63, 3.8) is 0 Å². The van der Waals surface area contributed by atoms with Crippen molar-refractivity contribution in [1.82, 2.24) is 4.98 Å². The fourth-order valence-corrected chi connectivity index (χ4v) is 2.69. The molecule has 0 amide bonds. The maximum atomic E-state index is 7.47. The molecule has 0 aliphatic rings. The molecule has 3 aromatic rings. The highest BCUT2D eigenvalue weighted by Gasteiger charge is 2.07. The minimum Gasteiger partial charge on any atom is -0.384 e. The summed E-state index contributed by atoms with van der Waals surface area (Å²) < 4.78 is 0. The van der Waals surface area contributed by atoms with E-state index in [0.29, 0.717) is 15.6 Å². The van der Waals surface area contributed by atoms with Gasteiger partial charge in [0.25, 0.3) is 0 Å². The molecule has 0 radical (unpaired) electrons. The number of nitrogens with one attached hydrogen (secondary N) is 2. The molecule has 20 heavy (non-hydrogen) atoms. The van der Waals surface area contributed by atoms with Crippen LogP contribution >= 0.6 is 23.2 Å². The number of fused-ring (bicyclic) bond motifs is 1. The van der Waals surface area contributed by atoms with Crippen molar-refractivity contribution in [2.45, 2.75) is 0 Å². The van der Waals surface area contributed by atoms with Gasteiger partial charge in [0.15, 0.2) is 0 Å². The van der Waals surface area contributed by atoms with E-state index in [4.69, 9.17) is 34.3 Å². The summed E-state index contributed by atoms with van der Waals surface area (Å²) in [5.74, 6) is 0.0560. The van der Waals surface area contributed by atoms with Crippen LogP contribution in [0, 0.1) is 5.41 Å². The van der Waals surface area contributed by atoms with E-state index in [1.54, 1.807) is 6.07 Å². The standard InChI is InChI=1S/C15H11Cl2N3/c16-11-4-10(5-12(17)7-11)14-6-9-3-8(15(18)19)1-2-13(9)20-14/h1-7,20H,(H3,18,19). The number of benzene rings is 2. The molecule has 2 aromatic carbocycles. The van der Waals surface area contributed by atoms with Crippen LogP contribution in [0.3, 0.4) is 0 Å². The minimum atomic E-state index is 0.0560. The van der Waals surface area contributed by atoms with Gasteiger partial charge in [0, 0.05) is 37.8 Å². The van der Waals surface area contributed by atoms with Crippen LogP contribution in [0.15, 0.2) is 42.5 Å². The fraction of sp³-hybridized carbons (Fsp3) is 0. The van der Waals surface area contributed by atoms with Gasteiger partial charge >= 0.3 is 0 Å². The molecule has 0 aliphatic heterocycles. The number of amidine groups is 1. The number of aromatic nitrogens is 1. The molecule has 0 saturated heterocycles. The lowest BCUT2D eigenvalue weighted by molar-refractivity contribution is 1.42. The Balaban J connectivity index is 2.15. The van der Waals surface area contributed by atoms with Gasteiger partial charge in [-0.25, -0.2) is 0 Å². The average molecular weight is 304 g/mol. The number of aromatic amines is 1. The van der Waals surface area contributed by atoms with E-state index in [1.165, 1.54) is 0 Å². The quantitative estimate of drug-likeness (QED) is 0.476. The van der Waals surface area contributed by atoms with Crippen LogP contribution in [0.25, 0.3) is 22.2 Å². The van der Waals surface area contributed by atoms with Gasteiger partial charge in [0.2, 0.25) is 0 Å². The topological polar surface area (TPSA) is 65.7 Å². The van der Waals surface area contributed by atoms with E-state index in [9.17, 15) is 0 Å². The van der Waals surface area contributed by atoms with Gasteiger partial charge in [-0.2, -0.15) is 0 Å². The predicted octanol–water partition coefficient (Wildman–Crippen LogP) is 4.43. The highest BCUT2D eigenvalue weighted by atomic mass is 35.5. The van der Waals surface area contributed by atoms with Crippen molar-refractivity contribution in [2.24, 2.45) is 5.73 Å². The van der Waals surface area contributed by atoms with Crippen LogP contribution in [0.2, 0.25) is 10.0 Å². The highest BCUT2D eigenvalue weighted by molar-refractivity contribution is 6.35. The zero-order valence-electron chi connectivity index (χ0n) is 10.4. The van der Waals surface area contributed by atoms with Gasteiger partial charge in [-0.05, 0) is 42.5 Å². The Bertz CT molecular complexity index is 801. The van der Waals surface area contributed by atoms with Crippen molar-refractivity contribution in [3.8, 4) is 11.3 Å². The van der Waals surface area contributed by atoms with E-state index in [0.717, 1.165) is 22.2 Å². The first-order valence-corrected chi connectivity index (χ1v) is 6.72. The fourth-order valence-electron chi connectivity index (χ4n) is 2.17. The third kappa shape index (κ3) is 2.38. The van der Waals surface area contributed by atoms with E-state index >= 15 is 0 Å². The molecule has 0 saturated carbocycles. The molecule has 0 fully saturated rings. The predicted molar refractivity (Wildman–Crippen MR) is 84.8 cm³/mol. The SMILES string of the molecule is N=C(N)c1ccc2[nH]c(-c3cc(Cl)cc(Cl)c3)cc2c1. The summed E-state index contributed by atoms with van der Waals surface area (Å²) in [5.41, 5.74) is 9.02. The van der Waals surface area contributed by atoms with E-state index in [-0.39, 0.29) is 5.84 Å². The van der Waals surface area contributed by atoms with Crippen LogP contribution in [0.1, 0.15) is 5.56 Å². The maximum absolute atomic E-state index is 7.47. The van der Waals surface area contributed by atoms with Crippen molar-refractivity contribution in [3.05, 3.63) is 58.1 Å². The zero-order chi connectivity index (χ0) is 14.3. The van der Waals surface area contributed by atoms with Crippen LogP contribution < -0.4 is 5.73 Å². The van der Waals surface area contributed by atoms with Crippen LogP contribution in [-0.4, -0.2) is 10.8 Å². The van der Waals surface area contributed by atoms with Gasteiger partial charge in [-0.15, -0.1) is 0 Å². The first kappa shape index (κ1) is 13.0. The summed E-state index contributed by atoms with van der Waals surface area (Å²) in [6.45, 7) is 0. The first-order valence-electron chi connectivity index (χ1n) is 5.96. The molecule has 0 aliphatic carbocycles. The summed E-state index contributed by atoms with van der Waals surface area (Å²) in [7, 11) is 0. The summed E-state index contributed by atoms with van der Waals surface area (Å²) in [6.07, 6.45) is 0. The average Bonchev–Trinajstić information content (AvgIpc) is 2.80. The molecule has 0 atom stereocenters. The van der Waals surface area contributed by atoms with E-state index in [1.807, 2.05) is 36.4 Å². The van der Waals surface area contributed by atoms with Gasteiger partial charge < -0.3 is 10.7 Å². The Hall–Kier alpha value is -1.97. The Labute approximate surface area is 125 Å². The van der Waals surface area contributed by atoms with Crippen molar-refractivity contribution < 1.29 is 0 Å². The molecule has 5 heteroatoms. The third-order valence-electron chi connectivity index (χ3n) is 3.11. The van der Waals surface area contributed by atoms with Gasteiger partial charge in [-0.1, -0.05) is 23.2 Å².